The molecule has 3 aromatic rings. The summed E-state index contributed by atoms with van der Waals surface area (Å²) in [5, 5.41) is 28.2. The van der Waals surface area contributed by atoms with Gasteiger partial charge in [-0.2, -0.15) is 5.26 Å². The van der Waals surface area contributed by atoms with Crippen LogP contribution in [0.5, 0.6) is 5.75 Å². The van der Waals surface area contributed by atoms with Gasteiger partial charge in [-0.15, -0.1) is 10.2 Å². The van der Waals surface area contributed by atoms with E-state index in [-0.39, 0.29) is 6.61 Å². The normalized spacial score (nSPS) is 9.74. The van der Waals surface area contributed by atoms with E-state index in [2.05, 4.69) is 15.5 Å². The number of aliphatic hydroxyl groups excluding tert-OH is 1. The lowest BCUT2D eigenvalue weighted by molar-refractivity contribution is 0.311. The number of nitrogens with one attached hydrogen (secondary N) is 1. The van der Waals surface area contributed by atoms with Gasteiger partial charge in [0.1, 0.15) is 11.8 Å². The number of aromatic nitrogens is 2. The zero-order valence-corrected chi connectivity index (χ0v) is 15.7. The Morgan fingerprint density at radius 3 is 2.56 bits per heavy atom. The van der Waals surface area contributed by atoms with Crippen molar-refractivity contribution in [3.63, 3.8) is 0 Å². The third-order valence-corrected chi connectivity index (χ3v) is 4.12. The molecule has 0 aliphatic rings. The number of rotatable bonds is 5. The molecular weight excluding hydrogens is 368 g/mol. The number of hydrogen-bond acceptors (Lipinski definition) is 7. The minimum Gasteiger partial charge on any atom is -0.497 e. The highest BCUT2D eigenvalue weighted by Crippen LogP contribution is 2.26. The minimum atomic E-state index is 0.0665. The molecule has 2 N–H and O–H groups in total. The molecule has 0 amide bonds. The molecule has 27 heavy (non-hydrogen) atoms. The average molecular weight is 387 g/mol. The van der Waals surface area contributed by atoms with Crippen molar-refractivity contribution < 1.29 is 14.3 Å². The topological polar surface area (TPSA) is 104 Å². The molecule has 0 radical (unpaired) electrons. The molecular formula is C19H19ClN4O3. The number of halogens is 1. The van der Waals surface area contributed by atoms with Gasteiger partial charge in [-0.25, -0.2) is 0 Å². The summed E-state index contributed by atoms with van der Waals surface area (Å²) in [5.74, 6) is 1.32. The van der Waals surface area contributed by atoms with E-state index < -0.39 is 0 Å². The highest BCUT2D eigenvalue weighted by Gasteiger charge is 2.06. The smallest absolute Gasteiger partial charge is 0.247 e. The van der Waals surface area contributed by atoms with E-state index in [0.29, 0.717) is 23.0 Å². The van der Waals surface area contributed by atoms with Crippen LogP contribution in [-0.2, 0) is 0 Å². The standard InChI is InChI=1S/C10H11ClN2O.C9H8N2O2/c1-7-9(13-4-5-14)3-2-8(6-12)10(7)11;1-12-8-4-2-7(3-5-8)9-11-10-6-13-9/h2-3,13-14H,4-5H2,1H3;2-6H,1H3. The van der Waals surface area contributed by atoms with Crippen LogP contribution in [0.2, 0.25) is 5.02 Å². The van der Waals surface area contributed by atoms with E-state index in [9.17, 15) is 0 Å². The van der Waals surface area contributed by atoms with Crippen LogP contribution >= 0.6 is 11.6 Å². The number of nitriles is 1. The Morgan fingerprint density at radius 1 is 1.26 bits per heavy atom. The van der Waals surface area contributed by atoms with Gasteiger partial charge in [0.2, 0.25) is 12.3 Å². The Hall–Kier alpha value is -3.08. The number of aliphatic hydroxyl groups is 1. The number of hydrogen-bond donors (Lipinski definition) is 2. The van der Waals surface area contributed by atoms with Crippen molar-refractivity contribution in [3.05, 3.63) is 58.9 Å². The van der Waals surface area contributed by atoms with Crippen molar-refractivity contribution in [2.75, 3.05) is 25.6 Å². The van der Waals surface area contributed by atoms with Gasteiger partial charge in [-0.05, 0) is 48.9 Å². The number of methoxy groups -OCH3 is 1. The molecule has 1 heterocycles. The molecule has 140 valence electrons. The number of ether oxygens (including phenoxy) is 1. The summed E-state index contributed by atoms with van der Waals surface area (Å²) < 4.78 is 10.0. The Bertz CT molecular complexity index is 891. The van der Waals surface area contributed by atoms with Crippen molar-refractivity contribution in [1.82, 2.24) is 10.2 Å². The van der Waals surface area contributed by atoms with Gasteiger partial charge in [0, 0.05) is 17.8 Å². The molecule has 0 spiro atoms. The maximum absolute atomic E-state index is 8.71. The van der Waals surface area contributed by atoms with E-state index in [1.54, 1.807) is 19.2 Å². The van der Waals surface area contributed by atoms with Crippen LogP contribution in [-0.4, -0.2) is 35.6 Å². The molecule has 0 saturated carbocycles. The number of nitrogens with zero attached hydrogens (tertiary/aromatic N) is 3. The first-order chi connectivity index (χ1) is 13.1. The first-order valence-electron chi connectivity index (χ1n) is 8.05. The van der Waals surface area contributed by atoms with Crippen LogP contribution in [0.25, 0.3) is 11.5 Å². The third-order valence-electron chi connectivity index (χ3n) is 3.63. The molecule has 0 fully saturated rings. The van der Waals surface area contributed by atoms with Gasteiger partial charge in [0.25, 0.3) is 0 Å². The quantitative estimate of drug-likeness (QED) is 0.689. The highest BCUT2D eigenvalue weighted by atomic mass is 35.5. The number of anilines is 1. The summed E-state index contributed by atoms with van der Waals surface area (Å²) in [6.07, 6.45) is 1.31. The monoisotopic (exact) mass is 386 g/mol. The van der Waals surface area contributed by atoms with Crippen molar-refractivity contribution in [1.29, 1.82) is 5.26 Å². The minimum absolute atomic E-state index is 0.0665. The van der Waals surface area contributed by atoms with Gasteiger partial charge in [-0.1, -0.05) is 11.6 Å². The maximum Gasteiger partial charge on any atom is 0.247 e. The second-order valence-corrected chi connectivity index (χ2v) is 5.71. The van der Waals surface area contributed by atoms with Crippen molar-refractivity contribution in [2.24, 2.45) is 0 Å². The Balaban J connectivity index is 0.000000194. The van der Waals surface area contributed by atoms with Gasteiger partial charge in [-0.3, -0.25) is 0 Å². The van der Waals surface area contributed by atoms with Crippen molar-refractivity contribution >= 4 is 17.3 Å². The fourth-order valence-corrected chi connectivity index (χ4v) is 2.39. The summed E-state index contributed by atoms with van der Waals surface area (Å²) >= 11 is 5.95. The van der Waals surface area contributed by atoms with Crippen molar-refractivity contribution in [3.8, 4) is 23.3 Å². The predicted molar refractivity (Wildman–Crippen MR) is 103 cm³/mol. The summed E-state index contributed by atoms with van der Waals surface area (Å²) in [5.41, 5.74) is 3.04. The molecule has 1 aromatic heterocycles. The zero-order valence-electron chi connectivity index (χ0n) is 14.9. The van der Waals surface area contributed by atoms with Gasteiger partial charge < -0.3 is 19.6 Å². The first kappa shape index (κ1) is 20.2. The van der Waals surface area contributed by atoms with Gasteiger partial charge in [0.05, 0.1) is 24.3 Å². The van der Waals surface area contributed by atoms with Crippen LogP contribution in [0.1, 0.15) is 11.1 Å². The maximum atomic E-state index is 8.71. The molecule has 7 nitrogen and oxygen atoms in total. The lowest BCUT2D eigenvalue weighted by atomic mass is 10.1. The molecule has 0 aliphatic heterocycles. The average Bonchev–Trinajstić information content (AvgIpc) is 3.25. The zero-order chi connectivity index (χ0) is 19.6. The molecule has 0 bridgehead atoms. The molecule has 0 unspecified atom stereocenters. The second kappa shape index (κ2) is 10.2. The summed E-state index contributed by atoms with van der Waals surface area (Å²) in [6, 6.07) is 12.9. The van der Waals surface area contributed by atoms with Gasteiger partial charge >= 0.3 is 0 Å². The molecule has 2 aromatic carbocycles. The number of benzene rings is 2. The van der Waals surface area contributed by atoms with E-state index in [1.807, 2.05) is 37.3 Å². The van der Waals surface area contributed by atoms with Crippen molar-refractivity contribution in [2.45, 2.75) is 6.92 Å². The third kappa shape index (κ3) is 5.45. The summed E-state index contributed by atoms with van der Waals surface area (Å²) in [6.45, 7) is 2.38. The Kier molecular flexibility index (Phi) is 7.62. The highest BCUT2D eigenvalue weighted by molar-refractivity contribution is 6.32. The van der Waals surface area contributed by atoms with E-state index in [1.165, 1.54) is 6.39 Å². The Morgan fingerprint density at radius 2 is 2.00 bits per heavy atom. The van der Waals surface area contributed by atoms with Crippen LogP contribution in [0.4, 0.5) is 5.69 Å². The molecule has 0 saturated heterocycles. The first-order valence-corrected chi connectivity index (χ1v) is 8.43. The van der Waals surface area contributed by atoms with E-state index in [0.717, 1.165) is 22.6 Å². The second-order valence-electron chi connectivity index (χ2n) is 5.33. The molecule has 8 heteroatoms. The molecule has 0 atom stereocenters. The predicted octanol–water partition coefficient (Wildman–Crippen LogP) is 3.67. The van der Waals surface area contributed by atoms with E-state index >= 15 is 0 Å². The Labute approximate surface area is 162 Å². The lowest BCUT2D eigenvalue weighted by Crippen LogP contribution is -2.06. The SMILES string of the molecule is COc1ccc(-c2nnco2)cc1.Cc1c(NCCO)ccc(C#N)c1Cl. The van der Waals surface area contributed by atoms with Crippen LogP contribution in [0, 0.1) is 18.3 Å². The largest absolute Gasteiger partial charge is 0.497 e. The van der Waals surface area contributed by atoms with Crippen LogP contribution < -0.4 is 10.1 Å². The molecule has 0 aliphatic carbocycles. The fraction of sp³-hybridized carbons (Fsp3) is 0.211. The molecule has 3 rings (SSSR count). The van der Waals surface area contributed by atoms with Crippen LogP contribution in [0.15, 0.2) is 47.2 Å². The van der Waals surface area contributed by atoms with Crippen LogP contribution in [0.3, 0.4) is 0 Å². The summed E-state index contributed by atoms with van der Waals surface area (Å²) in [4.78, 5) is 0. The van der Waals surface area contributed by atoms with E-state index in [4.69, 9.17) is 31.1 Å². The fourth-order valence-electron chi connectivity index (χ4n) is 2.19. The lowest BCUT2D eigenvalue weighted by Gasteiger charge is -2.10. The van der Waals surface area contributed by atoms with Gasteiger partial charge in [0.15, 0.2) is 0 Å². The summed E-state index contributed by atoms with van der Waals surface area (Å²) in [7, 11) is 1.63.